The molecule has 1 aromatic carbocycles. The van der Waals surface area contributed by atoms with E-state index in [0.717, 1.165) is 18.4 Å². The van der Waals surface area contributed by atoms with E-state index >= 15 is 0 Å². The summed E-state index contributed by atoms with van der Waals surface area (Å²) in [7, 11) is 0. The summed E-state index contributed by atoms with van der Waals surface area (Å²) in [5.41, 5.74) is 2.01. The number of aromatic nitrogens is 3. The average molecular weight is 338 g/mol. The Bertz CT molecular complexity index is 881. The summed E-state index contributed by atoms with van der Waals surface area (Å²) >= 11 is 0. The molecule has 7 heteroatoms. The Balaban J connectivity index is 1.62. The molecule has 1 unspecified atom stereocenters. The fourth-order valence-corrected chi connectivity index (χ4v) is 3.27. The first-order chi connectivity index (χ1) is 12.1. The Labute approximate surface area is 144 Å². The summed E-state index contributed by atoms with van der Waals surface area (Å²) < 4.78 is 10.6. The molecule has 1 amide bonds. The van der Waals surface area contributed by atoms with Gasteiger partial charge >= 0.3 is 0 Å². The molecule has 1 aliphatic rings. The number of rotatable bonds is 3. The number of hydrogen-bond donors (Lipinski definition) is 0. The molecule has 3 aromatic rings. The van der Waals surface area contributed by atoms with Gasteiger partial charge in [0.1, 0.15) is 17.4 Å². The lowest BCUT2D eigenvalue weighted by Crippen LogP contribution is -2.31. The van der Waals surface area contributed by atoms with E-state index in [-0.39, 0.29) is 11.9 Å². The summed E-state index contributed by atoms with van der Waals surface area (Å²) in [6.45, 7) is 4.17. The molecular formula is C18H18N4O3. The van der Waals surface area contributed by atoms with Crippen LogP contribution < -0.4 is 0 Å². The van der Waals surface area contributed by atoms with Gasteiger partial charge in [-0.2, -0.15) is 4.98 Å². The smallest absolute Gasteiger partial charge is 0.260 e. The maximum atomic E-state index is 12.9. The van der Waals surface area contributed by atoms with Crippen molar-refractivity contribution in [3.63, 3.8) is 0 Å². The van der Waals surface area contributed by atoms with Crippen LogP contribution in [0.2, 0.25) is 0 Å². The lowest BCUT2D eigenvalue weighted by Gasteiger charge is -2.21. The molecule has 1 saturated heterocycles. The number of amides is 1. The monoisotopic (exact) mass is 338 g/mol. The minimum absolute atomic E-state index is 0.0989. The molecule has 0 spiro atoms. The molecule has 0 bridgehead atoms. The Morgan fingerprint density at radius 2 is 1.96 bits per heavy atom. The van der Waals surface area contributed by atoms with Crippen LogP contribution in [0.1, 0.15) is 46.6 Å². The number of nitrogens with zero attached hydrogens (tertiary/aromatic N) is 4. The van der Waals surface area contributed by atoms with Gasteiger partial charge in [0, 0.05) is 12.1 Å². The summed E-state index contributed by atoms with van der Waals surface area (Å²) in [5.74, 6) is 1.44. The highest BCUT2D eigenvalue weighted by molar-refractivity contribution is 5.96. The van der Waals surface area contributed by atoms with Gasteiger partial charge in [0.15, 0.2) is 0 Å². The third kappa shape index (κ3) is 2.71. The molecule has 7 nitrogen and oxygen atoms in total. The van der Waals surface area contributed by atoms with Crippen molar-refractivity contribution >= 4 is 5.91 Å². The minimum atomic E-state index is -0.217. The van der Waals surface area contributed by atoms with E-state index in [1.165, 1.54) is 0 Å². The van der Waals surface area contributed by atoms with Gasteiger partial charge in [-0.25, -0.2) is 0 Å². The molecule has 1 aliphatic heterocycles. The van der Waals surface area contributed by atoms with Crippen molar-refractivity contribution in [1.29, 1.82) is 0 Å². The zero-order valence-corrected chi connectivity index (χ0v) is 14.1. The van der Waals surface area contributed by atoms with Crippen LogP contribution >= 0.6 is 0 Å². The van der Waals surface area contributed by atoms with Gasteiger partial charge in [-0.1, -0.05) is 40.6 Å². The first-order valence-corrected chi connectivity index (χ1v) is 8.28. The highest BCUT2D eigenvalue weighted by atomic mass is 16.5. The van der Waals surface area contributed by atoms with Gasteiger partial charge in [0.2, 0.25) is 11.7 Å². The number of benzene rings is 1. The second-order valence-electron chi connectivity index (χ2n) is 6.18. The predicted molar refractivity (Wildman–Crippen MR) is 88.7 cm³/mol. The number of carbonyl (C=O) groups excluding carboxylic acids is 1. The minimum Gasteiger partial charge on any atom is -0.361 e. The van der Waals surface area contributed by atoms with Crippen molar-refractivity contribution in [2.24, 2.45) is 0 Å². The molecule has 25 heavy (non-hydrogen) atoms. The molecule has 2 aromatic heterocycles. The van der Waals surface area contributed by atoms with E-state index < -0.39 is 0 Å². The van der Waals surface area contributed by atoms with E-state index in [0.29, 0.717) is 35.3 Å². The van der Waals surface area contributed by atoms with Crippen LogP contribution in [0.15, 0.2) is 39.4 Å². The molecule has 1 fully saturated rings. The van der Waals surface area contributed by atoms with Gasteiger partial charge in [0.05, 0.1) is 5.69 Å². The standard InChI is InChI=1S/C18H18N4O3/c1-11-15(12(2)24-20-11)18(23)22-10-6-9-14(22)17-19-16(21-25-17)13-7-4-3-5-8-13/h3-5,7-8,14H,6,9-10H2,1-2H3. The fraction of sp³-hybridized carbons (Fsp3) is 0.333. The van der Waals surface area contributed by atoms with Gasteiger partial charge in [-0.05, 0) is 26.7 Å². The van der Waals surface area contributed by atoms with Crippen molar-refractivity contribution in [2.75, 3.05) is 6.54 Å². The van der Waals surface area contributed by atoms with E-state index in [2.05, 4.69) is 15.3 Å². The van der Waals surface area contributed by atoms with Gasteiger partial charge in [0.25, 0.3) is 5.91 Å². The van der Waals surface area contributed by atoms with Crippen LogP contribution in [0.5, 0.6) is 0 Å². The zero-order valence-electron chi connectivity index (χ0n) is 14.1. The molecule has 0 saturated carbocycles. The molecule has 3 heterocycles. The summed E-state index contributed by atoms with van der Waals surface area (Å²) in [6.07, 6.45) is 1.69. The van der Waals surface area contributed by atoms with Crippen LogP contribution in [0.4, 0.5) is 0 Å². The first kappa shape index (κ1) is 15.6. The van der Waals surface area contributed by atoms with Crippen LogP contribution in [-0.2, 0) is 0 Å². The van der Waals surface area contributed by atoms with Crippen LogP contribution in [0.3, 0.4) is 0 Å². The first-order valence-electron chi connectivity index (χ1n) is 8.28. The number of hydrogen-bond acceptors (Lipinski definition) is 6. The Morgan fingerprint density at radius 3 is 2.68 bits per heavy atom. The normalized spacial score (nSPS) is 17.2. The van der Waals surface area contributed by atoms with Crippen LogP contribution in [0.25, 0.3) is 11.4 Å². The molecule has 0 N–H and O–H groups in total. The molecular weight excluding hydrogens is 320 g/mol. The van der Waals surface area contributed by atoms with Gasteiger partial charge < -0.3 is 13.9 Å². The number of carbonyl (C=O) groups is 1. The van der Waals surface area contributed by atoms with E-state index in [4.69, 9.17) is 9.05 Å². The Kier molecular flexibility index (Phi) is 3.83. The number of aryl methyl sites for hydroxylation is 2. The van der Waals surface area contributed by atoms with Gasteiger partial charge in [-0.15, -0.1) is 0 Å². The Hall–Kier alpha value is -2.96. The van der Waals surface area contributed by atoms with E-state index in [9.17, 15) is 4.79 Å². The van der Waals surface area contributed by atoms with Crippen molar-refractivity contribution in [1.82, 2.24) is 20.2 Å². The lowest BCUT2D eigenvalue weighted by molar-refractivity contribution is 0.0707. The lowest BCUT2D eigenvalue weighted by atomic mass is 10.1. The maximum Gasteiger partial charge on any atom is 0.260 e. The number of likely N-dealkylation sites (tertiary alicyclic amines) is 1. The second kappa shape index (κ2) is 6.16. The van der Waals surface area contributed by atoms with Gasteiger partial charge in [-0.3, -0.25) is 4.79 Å². The predicted octanol–water partition coefficient (Wildman–Crippen LogP) is 3.32. The van der Waals surface area contributed by atoms with Crippen molar-refractivity contribution in [3.05, 3.63) is 53.2 Å². The second-order valence-corrected chi connectivity index (χ2v) is 6.18. The summed E-state index contributed by atoms with van der Waals surface area (Å²) in [6, 6.07) is 9.42. The van der Waals surface area contributed by atoms with Crippen molar-refractivity contribution in [2.45, 2.75) is 32.7 Å². The zero-order chi connectivity index (χ0) is 17.4. The average Bonchev–Trinajstić information content (AvgIpc) is 3.35. The SMILES string of the molecule is Cc1noc(C)c1C(=O)N1CCCC1c1nc(-c2ccccc2)no1. The Morgan fingerprint density at radius 1 is 1.16 bits per heavy atom. The maximum absolute atomic E-state index is 12.9. The molecule has 128 valence electrons. The van der Waals surface area contributed by atoms with Crippen molar-refractivity contribution < 1.29 is 13.8 Å². The third-order valence-electron chi connectivity index (χ3n) is 4.52. The topological polar surface area (TPSA) is 85.3 Å². The van der Waals surface area contributed by atoms with Crippen molar-refractivity contribution in [3.8, 4) is 11.4 Å². The highest BCUT2D eigenvalue weighted by Crippen LogP contribution is 2.34. The highest BCUT2D eigenvalue weighted by Gasteiger charge is 2.36. The van der Waals surface area contributed by atoms with Crippen LogP contribution in [0, 0.1) is 13.8 Å². The van der Waals surface area contributed by atoms with E-state index in [1.54, 1.807) is 18.7 Å². The summed E-state index contributed by atoms with van der Waals surface area (Å²) in [4.78, 5) is 19.2. The van der Waals surface area contributed by atoms with E-state index in [1.807, 2.05) is 30.3 Å². The molecule has 0 aliphatic carbocycles. The summed E-state index contributed by atoms with van der Waals surface area (Å²) in [5, 5.41) is 7.94. The third-order valence-corrected chi connectivity index (χ3v) is 4.52. The quantitative estimate of drug-likeness (QED) is 0.728. The molecule has 0 radical (unpaired) electrons. The van der Waals surface area contributed by atoms with Crippen LogP contribution in [-0.4, -0.2) is 32.6 Å². The molecule has 1 atom stereocenters. The largest absolute Gasteiger partial charge is 0.361 e. The fourth-order valence-electron chi connectivity index (χ4n) is 3.27. The molecule has 4 rings (SSSR count).